The molecule has 6 heteroatoms. The van der Waals surface area contributed by atoms with E-state index in [-0.39, 0.29) is 5.78 Å². The molecule has 4 nitrogen and oxygen atoms in total. The predicted molar refractivity (Wildman–Crippen MR) is 91.0 cm³/mol. The third-order valence-corrected chi connectivity index (χ3v) is 4.62. The summed E-state index contributed by atoms with van der Waals surface area (Å²) in [6, 6.07) is 14.0. The number of hydrogen-bond donors (Lipinski definition) is 0. The fourth-order valence-corrected chi connectivity index (χ4v) is 3.32. The van der Waals surface area contributed by atoms with E-state index in [1.54, 1.807) is 30.3 Å². The van der Waals surface area contributed by atoms with E-state index in [0.29, 0.717) is 21.2 Å². The number of carbonyl (C=O) groups is 2. The molecule has 0 saturated carbocycles. The molecule has 0 radical (unpaired) electrons. The van der Waals surface area contributed by atoms with E-state index in [1.165, 1.54) is 30.0 Å². The van der Waals surface area contributed by atoms with Crippen LogP contribution in [0.4, 0.5) is 10.5 Å². The van der Waals surface area contributed by atoms with E-state index in [1.807, 2.05) is 18.2 Å². The van der Waals surface area contributed by atoms with Crippen molar-refractivity contribution in [1.29, 1.82) is 0 Å². The first kappa shape index (κ1) is 15.6. The summed E-state index contributed by atoms with van der Waals surface area (Å²) in [6.07, 6.45) is 0.967. The molecule has 0 fully saturated rings. The van der Waals surface area contributed by atoms with Crippen molar-refractivity contribution in [3.05, 3.63) is 70.2 Å². The fraction of sp³-hybridized carbons (Fsp3) is 0.0588. The molecular formula is C17H12ClNO3S. The number of nitrogens with zero attached hydrogens (tertiary/aromatic N) is 1. The minimum Gasteiger partial charge on any atom is -0.452 e. The molecule has 0 unspecified atom stereocenters. The average Bonchev–Trinajstić information content (AvgIpc) is 2.60. The second-order valence-corrected chi connectivity index (χ2v) is 6.26. The van der Waals surface area contributed by atoms with Crippen LogP contribution in [0.25, 0.3) is 0 Å². The number of rotatable bonds is 2. The molecule has 0 aliphatic carbocycles. The van der Waals surface area contributed by atoms with Crippen LogP contribution in [0.1, 0.15) is 10.4 Å². The molecule has 3 rings (SSSR count). The number of carbonyl (C=O) groups excluding carboxylic acids is 2. The maximum atomic E-state index is 12.7. The van der Waals surface area contributed by atoms with E-state index in [2.05, 4.69) is 0 Å². The molecule has 0 N–H and O–H groups in total. The van der Waals surface area contributed by atoms with E-state index in [9.17, 15) is 9.59 Å². The van der Waals surface area contributed by atoms with Crippen molar-refractivity contribution in [2.24, 2.45) is 0 Å². The number of allylic oxidation sites excluding steroid dienone is 1. The lowest BCUT2D eigenvalue weighted by atomic mass is 10.1. The maximum absolute atomic E-state index is 12.7. The molecule has 0 aromatic heterocycles. The highest BCUT2D eigenvalue weighted by Gasteiger charge is 2.27. The van der Waals surface area contributed by atoms with Crippen LogP contribution in [0, 0.1) is 0 Å². The second kappa shape index (κ2) is 6.48. The SMILES string of the molecule is COC(=O)N1C=C(C(=O)c2ccc(Cl)cc2)Sc2ccccc21. The molecule has 1 amide bonds. The number of halogens is 1. The number of ketones is 1. The molecule has 0 spiro atoms. The molecule has 23 heavy (non-hydrogen) atoms. The van der Waals surface area contributed by atoms with Crippen LogP contribution in [0.3, 0.4) is 0 Å². The van der Waals surface area contributed by atoms with Gasteiger partial charge in [-0.3, -0.25) is 9.69 Å². The van der Waals surface area contributed by atoms with E-state index >= 15 is 0 Å². The second-order valence-electron chi connectivity index (χ2n) is 4.74. The zero-order valence-corrected chi connectivity index (χ0v) is 13.7. The Hall–Kier alpha value is -2.24. The molecule has 116 valence electrons. The lowest BCUT2D eigenvalue weighted by Gasteiger charge is -2.25. The Kier molecular flexibility index (Phi) is 4.41. The molecule has 0 atom stereocenters. The fourth-order valence-electron chi connectivity index (χ4n) is 2.17. The summed E-state index contributed by atoms with van der Waals surface area (Å²) in [5.41, 5.74) is 1.20. The van der Waals surface area contributed by atoms with Gasteiger partial charge in [0, 0.05) is 21.7 Å². The molecule has 1 aliphatic heterocycles. The molecule has 0 bridgehead atoms. The highest BCUT2D eigenvalue weighted by Crippen LogP contribution is 2.41. The van der Waals surface area contributed by atoms with Crippen LogP contribution in [0.5, 0.6) is 0 Å². The molecule has 2 aromatic carbocycles. The third kappa shape index (κ3) is 3.11. The van der Waals surface area contributed by atoms with Crippen LogP contribution in [-0.2, 0) is 4.74 Å². The quantitative estimate of drug-likeness (QED) is 0.737. The Labute approximate surface area is 142 Å². The number of benzene rings is 2. The summed E-state index contributed by atoms with van der Waals surface area (Å²) < 4.78 is 4.80. The maximum Gasteiger partial charge on any atom is 0.418 e. The number of hydrogen-bond acceptors (Lipinski definition) is 4. The number of ether oxygens (including phenoxy) is 1. The van der Waals surface area contributed by atoms with Gasteiger partial charge in [0.15, 0.2) is 0 Å². The van der Waals surface area contributed by atoms with Crippen LogP contribution < -0.4 is 4.90 Å². The van der Waals surface area contributed by atoms with Crippen LogP contribution >= 0.6 is 23.4 Å². The number of fused-ring (bicyclic) bond motifs is 1. The number of anilines is 1. The van der Waals surface area contributed by atoms with Crippen molar-refractivity contribution in [3.8, 4) is 0 Å². The summed E-state index contributed by atoms with van der Waals surface area (Å²) in [5, 5.41) is 0.563. The molecular weight excluding hydrogens is 334 g/mol. The van der Waals surface area contributed by atoms with Gasteiger partial charge in [-0.2, -0.15) is 0 Å². The van der Waals surface area contributed by atoms with Gasteiger partial charge in [0.05, 0.1) is 17.7 Å². The normalized spacial score (nSPS) is 13.1. The summed E-state index contributed by atoms with van der Waals surface area (Å²) in [5.74, 6) is -0.171. The van der Waals surface area contributed by atoms with Gasteiger partial charge in [-0.1, -0.05) is 35.5 Å². The highest BCUT2D eigenvalue weighted by atomic mass is 35.5. The van der Waals surface area contributed by atoms with E-state index < -0.39 is 6.09 Å². The first-order chi connectivity index (χ1) is 11.1. The van der Waals surface area contributed by atoms with Gasteiger partial charge in [-0.15, -0.1) is 0 Å². The summed E-state index contributed by atoms with van der Waals surface area (Å²) in [6.45, 7) is 0. The lowest BCUT2D eigenvalue weighted by Crippen LogP contribution is -2.28. The zero-order chi connectivity index (χ0) is 16.4. The Bertz CT molecular complexity index is 802. The Morgan fingerprint density at radius 3 is 2.48 bits per heavy atom. The van der Waals surface area contributed by atoms with Gasteiger partial charge in [0.25, 0.3) is 0 Å². The van der Waals surface area contributed by atoms with Crippen molar-refractivity contribution >= 4 is 40.9 Å². The Morgan fingerprint density at radius 1 is 1.09 bits per heavy atom. The van der Waals surface area contributed by atoms with Gasteiger partial charge in [0.1, 0.15) is 0 Å². The van der Waals surface area contributed by atoms with Gasteiger partial charge in [-0.05, 0) is 36.4 Å². The zero-order valence-electron chi connectivity index (χ0n) is 12.2. The van der Waals surface area contributed by atoms with Gasteiger partial charge in [-0.25, -0.2) is 4.79 Å². The first-order valence-electron chi connectivity index (χ1n) is 6.76. The Balaban J connectivity index is 2.00. The van der Waals surface area contributed by atoms with Crippen LogP contribution in [0.15, 0.2) is 64.5 Å². The standard InChI is InChI=1S/C17H12ClNO3S/c1-22-17(21)19-10-15(23-14-5-3-2-4-13(14)19)16(20)11-6-8-12(18)9-7-11/h2-10H,1H3. The third-order valence-electron chi connectivity index (χ3n) is 3.29. The van der Waals surface area contributed by atoms with Crippen molar-refractivity contribution in [1.82, 2.24) is 0 Å². The van der Waals surface area contributed by atoms with Gasteiger partial charge >= 0.3 is 6.09 Å². The number of para-hydroxylation sites is 1. The minimum absolute atomic E-state index is 0.171. The van der Waals surface area contributed by atoms with E-state index in [0.717, 1.165) is 4.90 Å². The summed E-state index contributed by atoms with van der Waals surface area (Å²) >= 11 is 7.18. The number of methoxy groups -OCH3 is 1. The lowest BCUT2D eigenvalue weighted by molar-refractivity contribution is 0.104. The molecule has 1 aliphatic rings. The summed E-state index contributed by atoms with van der Waals surface area (Å²) in [4.78, 5) is 27.3. The Morgan fingerprint density at radius 2 is 1.78 bits per heavy atom. The van der Waals surface area contributed by atoms with Crippen molar-refractivity contribution < 1.29 is 14.3 Å². The molecule has 2 aromatic rings. The highest BCUT2D eigenvalue weighted by molar-refractivity contribution is 8.04. The predicted octanol–water partition coefficient (Wildman–Crippen LogP) is 4.74. The topological polar surface area (TPSA) is 46.6 Å². The molecule has 0 saturated heterocycles. The number of amides is 1. The van der Waals surface area contributed by atoms with Crippen molar-refractivity contribution in [2.75, 3.05) is 12.0 Å². The monoisotopic (exact) mass is 345 g/mol. The van der Waals surface area contributed by atoms with Crippen molar-refractivity contribution in [3.63, 3.8) is 0 Å². The molecule has 1 heterocycles. The average molecular weight is 346 g/mol. The number of Topliss-reactive ketones (excluding diaryl/α,β-unsaturated/α-hetero) is 1. The smallest absolute Gasteiger partial charge is 0.418 e. The first-order valence-corrected chi connectivity index (χ1v) is 7.96. The van der Waals surface area contributed by atoms with E-state index in [4.69, 9.17) is 16.3 Å². The number of thioether (sulfide) groups is 1. The van der Waals surface area contributed by atoms with Crippen LogP contribution in [-0.4, -0.2) is 19.0 Å². The van der Waals surface area contributed by atoms with Crippen LogP contribution in [0.2, 0.25) is 5.02 Å². The van der Waals surface area contributed by atoms with Gasteiger partial charge in [0.2, 0.25) is 5.78 Å². The largest absolute Gasteiger partial charge is 0.452 e. The minimum atomic E-state index is -0.542. The van der Waals surface area contributed by atoms with Gasteiger partial charge < -0.3 is 4.74 Å². The summed E-state index contributed by atoms with van der Waals surface area (Å²) in [7, 11) is 1.31. The van der Waals surface area contributed by atoms with Crippen molar-refractivity contribution in [2.45, 2.75) is 4.90 Å².